The van der Waals surface area contributed by atoms with Gasteiger partial charge in [-0.05, 0) is 30.5 Å². The molecule has 0 bridgehead atoms. The lowest BCUT2D eigenvalue weighted by molar-refractivity contribution is -0.117. The van der Waals surface area contributed by atoms with Gasteiger partial charge in [-0.2, -0.15) is 0 Å². The Labute approximate surface area is 110 Å². The van der Waals surface area contributed by atoms with E-state index in [4.69, 9.17) is 16.7 Å². The number of aromatic carboxylic acids is 1. The first-order valence-electron chi connectivity index (χ1n) is 5.73. The Morgan fingerprint density at radius 2 is 2.28 bits per heavy atom. The molecule has 5 heteroatoms. The number of alkyl halides is 1. The number of nitrogens with zero attached hydrogens (tertiary/aromatic N) is 1. The summed E-state index contributed by atoms with van der Waals surface area (Å²) in [7, 11) is 0. The van der Waals surface area contributed by atoms with Gasteiger partial charge in [0.15, 0.2) is 0 Å². The highest BCUT2D eigenvalue weighted by molar-refractivity contribution is 6.18. The Morgan fingerprint density at radius 1 is 1.56 bits per heavy atom. The van der Waals surface area contributed by atoms with Crippen LogP contribution in [0.25, 0.3) is 0 Å². The number of carbonyl (C=O) groups excluding carboxylic acids is 1. The molecular formula is C13H14ClNO3. The van der Waals surface area contributed by atoms with Crippen LogP contribution in [0.3, 0.4) is 0 Å². The number of carbonyl (C=O) groups is 2. The number of hydrogen-bond donors (Lipinski definition) is 1. The molecule has 2 rings (SSSR count). The summed E-state index contributed by atoms with van der Waals surface area (Å²) in [5.41, 5.74) is 1.52. The molecule has 0 spiro atoms. The van der Waals surface area contributed by atoms with E-state index in [1.807, 2.05) is 0 Å². The lowest BCUT2D eigenvalue weighted by atomic mass is 10.1. The number of benzene rings is 1. The molecule has 0 aromatic heterocycles. The van der Waals surface area contributed by atoms with Gasteiger partial charge in [0.25, 0.3) is 0 Å². The van der Waals surface area contributed by atoms with Gasteiger partial charge in [-0.1, -0.05) is 6.07 Å². The molecule has 0 saturated carbocycles. The second kappa shape index (κ2) is 4.98. The molecule has 18 heavy (non-hydrogen) atoms. The molecule has 0 aliphatic carbocycles. The van der Waals surface area contributed by atoms with Crippen molar-refractivity contribution in [2.24, 2.45) is 5.92 Å². The number of rotatable bonds is 3. The summed E-state index contributed by atoms with van der Waals surface area (Å²) in [5.74, 6) is -0.381. The van der Waals surface area contributed by atoms with E-state index in [9.17, 15) is 9.59 Å². The average Bonchev–Trinajstić information content (AvgIpc) is 2.70. The molecule has 1 aromatic rings. The number of carboxylic acid groups (broad SMARTS) is 1. The van der Waals surface area contributed by atoms with Crippen LogP contribution in [-0.4, -0.2) is 29.4 Å². The lowest BCUT2D eigenvalue weighted by Crippen LogP contribution is -2.26. The van der Waals surface area contributed by atoms with Gasteiger partial charge < -0.3 is 10.0 Å². The van der Waals surface area contributed by atoms with E-state index in [1.54, 1.807) is 30.0 Å². The van der Waals surface area contributed by atoms with Crippen LogP contribution in [0.1, 0.15) is 22.3 Å². The SMILES string of the molecule is Cc1c(C(=O)O)cccc1N1CC(CCl)CC1=O. The number of hydrogen-bond acceptors (Lipinski definition) is 2. The van der Waals surface area contributed by atoms with Crippen molar-refractivity contribution in [3.05, 3.63) is 29.3 Å². The molecule has 1 N–H and O–H groups in total. The third kappa shape index (κ3) is 2.20. The Kier molecular flexibility index (Phi) is 3.57. The molecule has 1 aliphatic rings. The van der Waals surface area contributed by atoms with Crippen LogP contribution in [-0.2, 0) is 4.79 Å². The van der Waals surface area contributed by atoms with E-state index >= 15 is 0 Å². The van der Waals surface area contributed by atoms with Crippen LogP contribution >= 0.6 is 11.6 Å². The zero-order chi connectivity index (χ0) is 13.3. The molecule has 0 radical (unpaired) electrons. The predicted molar refractivity (Wildman–Crippen MR) is 69.3 cm³/mol. The van der Waals surface area contributed by atoms with E-state index in [-0.39, 0.29) is 17.4 Å². The monoisotopic (exact) mass is 267 g/mol. The molecule has 4 nitrogen and oxygen atoms in total. The van der Waals surface area contributed by atoms with Crippen molar-refractivity contribution in [2.75, 3.05) is 17.3 Å². The lowest BCUT2D eigenvalue weighted by Gasteiger charge is -2.19. The van der Waals surface area contributed by atoms with Gasteiger partial charge in [0.2, 0.25) is 5.91 Å². The molecule has 1 aliphatic heterocycles. The minimum Gasteiger partial charge on any atom is -0.478 e. The molecule has 1 amide bonds. The third-order valence-corrected chi connectivity index (χ3v) is 3.69. The van der Waals surface area contributed by atoms with Crippen LogP contribution in [0.2, 0.25) is 0 Å². The standard InChI is InChI=1S/C13H14ClNO3/c1-8-10(13(17)18)3-2-4-11(8)15-7-9(6-14)5-12(15)16/h2-4,9H,5-7H2,1H3,(H,17,18). The van der Waals surface area contributed by atoms with Crippen molar-refractivity contribution in [3.8, 4) is 0 Å². The first kappa shape index (κ1) is 12.9. The minimum absolute atomic E-state index is 0.00582. The number of halogens is 1. The van der Waals surface area contributed by atoms with Crippen LogP contribution < -0.4 is 4.90 Å². The summed E-state index contributed by atoms with van der Waals surface area (Å²) in [4.78, 5) is 24.6. The highest BCUT2D eigenvalue weighted by Gasteiger charge is 2.31. The first-order chi connectivity index (χ1) is 8.54. The van der Waals surface area contributed by atoms with Crippen molar-refractivity contribution in [2.45, 2.75) is 13.3 Å². The van der Waals surface area contributed by atoms with E-state index in [0.29, 0.717) is 30.1 Å². The van der Waals surface area contributed by atoms with Crippen LogP contribution in [0.5, 0.6) is 0 Å². The normalized spacial score (nSPS) is 19.3. The largest absolute Gasteiger partial charge is 0.478 e. The maximum atomic E-state index is 11.9. The van der Waals surface area contributed by atoms with E-state index in [0.717, 1.165) is 0 Å². The van der Waals surface area contributed by atoms with Gasteiger partial charge in [0.05, 0.1) is 5.56 Å². The molecule has 96 valence electrons. The zero-order valence-corrected chi connectivity index (χ0v) is 10.8. The zero-order valence-electron chi connectivity index (χ0n) is 10.0. The fraction of sp³-hybridized carbons (Fsp3) is 0.385. The fourth-order valence-corrected chi connectivity index (χ4v) is 2.47. The van der Waals surface area contributed by atoms with E-state index in [2.05, 4.69) is 0 Å². The fourth-order valence-electron chi connectivity index (χ4n) is 2.27. The van der Waals surface area contributed by atoms with E-state index in [1.165, 1.54) is 0 Å². The smallest absolute Gasteiger partial charge is 0.336 e. The number of amides is 1. The van der Waals surface area contributed by atoms with Crippen LogP contribution in [0.15, 0.2) is 18.2 Å². The maximum Gasteiger partial charge on any atom is 0.336 e. The molecule has 1 fully saturated rings. The molecule has 1 atom stereocenters. The Bertz CT molecular complexity index is 501. The number of anilines is 1. The number of carboxylic acids is 1. The van der Waals surface area contributed by atoms with Crippen molar-refractivity contribution in [1.29, 1.82) is 0 Å². The second-order valence-corrected chi connectivity index (χ2v) is 4.79. The van der Waals surface area contributed by atoms with Gasteiger partial charge in [-0.25, -0.2) is 4.79 Å². The summed E-state index contributed by atoms with van der Waals surface area (Å²) >= 11 is 5.77. The molecule has 1 aromatic carbocycles. The molecule has 1 unspecified atom stereocenters. The molecule has 1 heterocycles. The average molecular weight is 268 g/mol. The van der Waals surface area contributed by atoms with Crippen molar-refractivity contribution < 1.29 is 14.7 Å². The summed E-state index contributed by atoms with van der Waals surface area (Å²) < 4.78 is 0. The maximum absolute atomic E-state index is 11.9. The van der Waals surface area contributed by atoms with Gasteiger partial charge in [-0.3, -0.25) is 4.79 Å². The van der Waals surface area contributed by atoms with Gasteiger partial charge in [0, 0.05) is 24.5 Å². The van der Waals surface area contributed by atoms with Gasteiger partial charge in [-0.15, -0.1) is 11.6 Å². The Balaban J connectivity index is 2.37. The topological polar surface area (TPSA) is 57.6 Å². The van der Waals surface area contributed by atoms with Crippen molar-refractivity contribution in [3.63, 3.8) is 0 Å². The van der Waals surface area contributed by atoms with Gasteiger partial charge >= 0.3 is 5.97 Å². The highest BCUT2D eigenvalue weighted by Crippen LogP contribution is 2.29. The van der Waals surface area contributed by atoms with Crippen molar-refractivity contribution in [1.82, 2.24) is 0 Å². The molecule has 1 saturated heterocycles. The molecular weight excluding hydrogens is 254 g/mol. The summed E-state index contributed by atoms with van der Waals surface area (Å²) in [5, 5.41) is 9.07. The van der Waals surface area contributed by atoms with Crippen LogP contribution in [0.4, 0.5) is 5.69 Å². The minimum atomic E-state index is -0.977. The third-order valence-electron chi connectivity index (χ3n) is 3.25. The van der Waals surface area contributed by atoms with E-state index < -0.39 is 5.97 Å². The summed E-state index contributed by atoms with van der Waals surface area (Å²) in [6, 6.07) is 4.98. The Hall–Kier alpha value is -1.55. The highest BCUT2D eigenvalue weighted by atomic mass is 35.5. The quantitative estimate of drug-likeness (QED) is 0.855. The van der Waals surface area contributed by atoms with Crippen molar-refractivity contribution >= 4 is 29.2 Å². The predicted octanol–water partition coefficient (Wildman–Crippen LogP) is 2.28. The van der Waals surface area contributed by atoms with Gasteiger partial charge in [0.1, 0.15) is 0 Å². The summed E-state index contributed by atoms with van der Waals surface area (Å²) in [6.07, 6.45) is 0.431. The second-order valence-electron chi connectivity index (χ2n) is 4.48. The first-order valence-corrected chi connectivity index (χ1v) is 6.27. The summed E-state index contributed by atoms with van der Waals surface area (Å²) in [6.45, 7) is 2.28. The Morgan fingerprint density at radius 3 is 2.83 bits per heavy atom. The van der Waals surface area contributed by atoms with Crippen LogP contribution in [0, 0.1) is 12.8 Å².